The van der Waals surface area contributed by atoms with E-state index in [1.165, 1.54) is 4.90 Å². The second kappa shape index (κ2) is 5.15. The second-order valence-corrected chi connectivity index (χ2v) is 4.64. The fourth-order valence-corrected chi connectivity index (χ4v) is 1.92. The summed E-state index contributed by atoms with van der Waals surface area (Å²) in [7, 11) is 0. The van der Waals surface area contributed by atoms with Crippen molar-refractivity contribution in [1.82, 2.24) is 0 Å². The van der Waals surface area contributed by atoms with Gasteiger partial charge >= 0.3 is 0 Å². The van der Waals surface area contributed by atoms with E-state index in [1.807, 2.05) is 49.4 Å². The highest BCUT2D eigenvalue weighted by Gasteiger charge is 2.03. The molecule has 0 bridgehead atoms. The van der Waals surface area contributed by atoms with E-state index in [0.717, 1.165) is 11.3 Å². The smallest absolute Gasteiger partial charge is 0.150 e. The molecule has 0 aromatic heterocycles. The molecule has 0 fully saturated rings. The van der Waals surface area contributed by atoms with Crippen molar-refractivity contribution in [1.29, 1.82) is 0 Å². The predicted octanol–water partition coefficient (Wildman–Crippen LogP) is 4.09. The summed E-state index contributed by atoms with van der Waals surface area (Å²) in [6.45, 7) is 1.97. The van der Waals surface area contributed by atoms with E-state index in [-0.39, 0.29) is 0 Å². The van der Waals surface area contributed by atoms with Gasteiger partial charge in [-0.1, -0.05) is 12.1 Å². The fourth-order valence-electron chi connectivity index (χ4n) is 1.51. The molecule has 0 saturated carbocycles. The molecule has 2 rings (SSSR count). The molecule has 2 N–H and O–H groups in total. The minimum atomic E-state index is 0.696. The molecule has 0 saturated heterocycles. The van der Waals surface area contributed by atoms with E-state index in [9.17, 15) is 0 Å². The molecular weight excluding hydrogens is 230 g/mol. The number of hydrogen-bond donors (Lipinski definition) is 1. The third-order valence-corrected chi connectivity index (χ3v) is 3.31. The Labute approximate surface area is 106 Å². The Kier molecular flexibility index (Phi) is 3.59. The maximum atomic E-state index is 5.96. The van der Waals surface area contributed by atoms with Crippen LogP contribution in [0.15, 0.2) is 47.4 Å². The van der Waals surface area contributed by atoms with Gasteiger partial charge in [-0.15, -0.1) is 11.8 Å². The van der Waals surface area contributed by atoms with Gasteiger partial charge in [-0.25, -0.2) is 0 Å². The van der Waals surface area contributed by atoms with Crippen molar-refractivity contribution in [2.45, 2.75) is 11.8 Å². The lowest BCUT2D eigenvalue weighted by atomic mass is 10.2. The van der Waals surface area contributed by atoms with E-state index >= 15 is 0 Å². The summed E-state index contributed by atoms with van der Waals surface area (Å²) in [6.07, 6.45) is 2.05. The van der Waals surface area contributed by atoms with Crippen molar-refractivity contribution in [2.75, 3.05) is 12.0 Å². The molecule has 2 aromatic carbocycles. The highest BCUT2D eigenvalue weighted by molar-refractivity contribution is 7.98. The van der Waals surface area contributed by atoms with Crippen LogP contribution < -0.4 is 10.5 Å². The Morgan fingerprint density at radius 3 is 2.41 bits per heavy atom. The zero-order chi connectivity index (χ0) is 12.3. The van der Waals surface area contributed by atoms with Crippen LogP contribution in [0, 0.1) is 6.92 Å². The van der Waals surface area contributed by atoms with Crippen LogP contribution in [-0.4, -0.2) is 6.26 Å². The van der Waals surface area contributed by atoms with E-state index in [0.29, 0.717) is 11.4 Å². The van der Waals surface area contributed by atoms with Crippen LogP contribution in [0.1, 0.15) is 5.56 Å². The zero-order valence-electron chi connectivity index (χ0n) is 9.94. The molecular formula is C14H15NOS. The summed E-state index contributed by atoms with van der Waals surface area (Å²) < 4.78 is 5.76. The molecule has 0 aliphatic carbocycles. The van der Waals surface area contributed by atoms with Gasteiger partial charge in [-0.05, 0) is 49.1 Å². The van der Waals surface area contributed by atoms with Gasteiger partial charge in [0.25, 0.3) is 0 Å². The summed E-state index contributed by atoms with van der Waals surface area (Å²) in [6, 6.07) is 13.8. The number of anilines is 1. The van der Waals surface area contributed by atoms with Crippen molar-refractivity contribution in [3.8, 4) is 11.5 Å². The quantitative estimate of drug-likeness (QED) is 0.653. The number of benzene rings is 2. The fraction of sp³-hybridized carbons (Fsp3) is 0.143. The minimum Gasteiger partial charge on any atom is -0.455 e. The van der Waals surface area contributed by atoms with E-state index in [4.69, 9.17) is 10.5 Å². The van der Waals surface area contributed by atoms with Crippen LogP contribution in [0.25, 0.3) is 0 Å². The maximum Gasteiger partial charge on any atom is 0.150 e. The summed E-state index contributed by atoms with van der Waals surface area (Å²) in [5, 5.41) is 0. The molecule has 0 heterocycles. The van der Waals surface area contributed by atoms with Gasteiger partial charge in [0.05, 0.1) is 5.69 Å². The predicted molar refractivity (Wildman–Crippen MR) is 73.9 cm³/mol. The van der Waals surface area contributed by atoms with Crippen molar-refractivity contribution in [3.05, 3.63) is 48.0 Å². The Morgan fingerprint density at radius 1 is 1.06 bits per heavy atom. The second-order valence-electron chi connectivity index (χ2n) is 3.76. The van der Waals surface area contributed by atoms with Crippen LogP contribution in [0.2, 0.25) is 0 Å². The number of hydrogen-bond acceptors (Lipinski definition) is 3. The van der Waals surface area contributed by atoms with Crippen molar-refractivity contribution in [2.24, 2.45) is 0 Å². The lowest BCUT2D eigenvalue weighted by Gasteiger charge is -2.10. The lowest BCUT2D eigenvalue weighted by Crippen LogP contribution is -1.94. The molecule has 17 heavy (non-hydrogen) atoms. The summed E-state index contributed by atoms with van der Waals surface area (Å²) >= 11 is 1.71. The monoisotopic (exact) mass is 245 g/mol. The first-order chi connectivity index (χ1) is 8.20. The zero-order valence-corrected chi connectivity index (χ0v) is 10.8. The summed E-state index contributed by atoms with van der Waals surface area (Å²) in [5.41, 5.74) is 7.68. The highest BCUT2D eigenvalue weighted by atomic mass is 32.2. The molecule has 2 aromatic rings. The number of ether oxygens (including phenoxy) is 1. The normalized spacial score (nSPS) is 10.2. The Bertz CT molecular complexity index is 508. The number of rotatable bonds is 3. The van der Waals surface area contributed by atoms with Gasteiger partial charge in [0, 0.05) is 4.90 Å². The lowest BCUT2D eigenvalue weighted by molar-refractivity contribution is 0.484. The van der Waals surface area contributed by atoms with Crippen molar-refractivity contribution >= 4 is 17.4 Å². The SMILES string of the molecule is CSc1ccc(Oc2cccc(C)c2N)cc1. The Morgan fingerprint density at radius 2 is 1.76 bits per heavy atom. The molecule has 0 amide bonds. The van der Waals surface area contributed by atoms with Crippen LogP contribution in [-0.2, 0) is 0 Å². The molecule has 0 aliphatic rings. The van der Waals surface area contributed by atoms with E-state index in [2.05, 4.69) is 6.26 Å². The summed E-state index contributed by atoms with van der Waals surface area (Å²) in [5.74, 6) is 1.52. The Balaban J connectivity index is 2.22. The molecule has 3 heteroatoms. The first-order valence-corrected chi connectivity index (χ1v) is 6.60. The number of para-hydroxylation sites is 1. The number of nitrogen functional groups attached to an aromatic ring is 1. The Hall–Kier alpha value is -1.61. The van der Waals surface area contributed by atoms with Crippen LogP contribution in [0.4, 0.5) is 5.69 Å². The molecule has 2 nitrogen and oxygen atoms in total. The minimum absolute atomic E-state index is 0.696. The standard InChI is InChI=1S/C14H15NOS/c1-10-4-3-5-13(14(10)15)16-11-6-8-12(17-2)9-7-11/h3-9H,15H2,1-2H3. The topological polar surface area (TPSA) is 35.2 Å². The highest BCUT2D eigenvalue weighted by Crippen LogP contribution is 2.30. The van der Waals surface area contributed by atoms with Crippen LogP contribution >= 0.6 is 11.8 Å². The third-order valence-electron chi connectivity index (χ3n) is 2.57. The van der Waals surface area contributed by atoms with Gasteiger partial charge in [0.1, 0.15) is 5.75 Å². The van der Waals surface area contributed by atoms with Gasteiger partial charge < -0.3 is 10.5 Å². The van der Waals surface area contributed by atoms with Crippen molar-refractivity contribution < 1.29 is 4.74 Å². The largest absolute Gasteiger partial charge is 0.455 e. The van der Waals surface area contributed by atoms with Crippen LogP contribution in [0.3, 0.4) is 0 Å². The first kappa shape index (κ1) is 11.9. The number of thioether (sulfide) groups is 1. The number of aryl methyl sites for hydroxylation is 1. The average molecular weight is 245 g/mol. The first-order valence-electron chi connectivity index (χ1n) is 5.37. The summed E-state index contributed by atoms with van der Waals surface area (Å²) in [4.78, 5) is 1.22. The van der Waals surface area contributed by atoms with Crippen molar-refractivity contribution in [3.63, 3.8) is 0 Å². The molecule has 0 aliphatic heterocycles. The third kappa shape index (κ3) is 2.74. The maximum absolute atomic E-state index is 5.96. The van der Waals surface area contributed by atoms with Crippen LogP contribution in [0.5, 0.6) is 11.5 Å². The van der Waals surface area contributed by atoms with E-state index < -0.39 is 0 Å². The van der Waals surface area contributed by atoms with Gasteiger partial charge in [0.15, 0.2) is 5.75 Å². The molecule has 0 unspecified atom stereocenters. The molecule has 88 valence electrons. The van der Waals surface area contributed by atoms with Gasteiger partial charge in [-0.2, -0.15) is 0 Å². The number of nitrogens with two attached hydrogens (primary N) is 1. The molecule has 0 spiro atoms. The average Bonchev–Trinajstić information content (AvgIpc) is 2.36. The molecule has 0 atom stereocenters. The van der Waals surface area contributed by atoms with Gasteiger partial charge in [0.2, 0.25) is 0 Å². The van der Waals surface area contributed by atoms with E-state index in [1.54, 1.807) is 11.8 Å². The van der Waals surface area contributed by atoms with Gasteiger partial charge in [-0.3, -0.25) is 0 Å². The molecule has 0 radical (unpaired) electrons.